The fourth-order valence-electron chi connectivity index (χ4n) is 18.7. The number of aromatic nitrogens is 2. The van der Waals surface area contributed by atoms with Crippen LogP contribution in [0.15, 0.2) is 157 Å². The highest BCUT2D eigenvalue weighted by Crippen LogP contribution is 2.64. The van der Waals surface area contributed by atoms with Crippen LogP contribution in [-0.4, -0.2) is 89.0 Å². The van der Waals surface area contributed by atoms with Crippen LogP contribution in [0.4, 0.5) is 39.5 Å². The van der Waals surface area contributed by atoms with E-state index in [0.717, 1.165) is 91.6 Å². The molecule has 0 bridgehead atoms. The molecule has 106 heavy (non-hydrogen) atoms. The first kappa shape index (κ1) is 71.6. The van der Waals surface area contributed by atoms with Crippen LogP contribution in [0.3, 0.4) is 0 Å². The summed E-state index contributed by atoms with van der Waals surface area (Å²) in [6.45, 7) is 7.76. The third-order valence-electron chi connectivity index (χ3n) is 23.7. The lowest BCUT2D eigenvalue weighted by Crippen LogP contribution is -2.45. The predicted octanol–water partition coefficient (Wildman–Crippen LogP) is 15.1. The van der Waals surface area contributed by atoms with Gasteiger partial charge in [-0.1, -0.05) is 109 Å². The molecule has 5 heterocycles. The summed E-state index contributed by atoms with van der Waals surface area (Å²) in [6, 6.07) is 38.3. The summed E-state index contributed by atoms with van der Waals surface area (Å²) >= 11 is 0. The second-order valence-corrected chi connectivity index (χ2v) is 31.8. The minimum Gasteiger partial charge on any atom is -0.473 e. The molecule has 14 nitrogen and oxygen atoms in total. The van der Waals surface area contributed by atoms with E-state index in [-0.39, 0.29) is 99.5 Å². The van der Waals surface area contributed by atoms with Gasteiger partial charge in [-0.25, -0.2) is 4.98 Å². The molecule has 3 spiro atoms. The lowest BCUT2D eigenvalue weighted by atomic mass is 9.78. The van der Waals surface area contributed by atoms with Gasteiger partial charge in [0.05, 0.1) is 101 Å². The summed E-state index contributed by atoms with van der Waals surface area (Å²) in [5, 5.41) is 0. The number of rotatable bonds is 15. The minimum absolute atomic E-state index is 0.0581. The van der Waals surface area contributed by atoms with Crippen molar-refractivity contribution in [1.29, 1.82) is 0 Å². The van der Waals surface area contributed by atoms with Gasteiger partial charge in [0.25, 0.3) is 15.7 Å². The summed E-state index contributed by atoms with van der Waals surface area (Å²) in [5.41, 5.74) is 10.4. The van der Waals surface area contributed by atoms with E-state index >= 15 is 0 Å². The zero-order valence-corrected chi connectivity index (χ0v) is 58.9. The van der Waals surface area contributed by atoms with Crippen molar-refractivity contribution in [2.75, 3.05) is 59.1 Å². The second-order valence-electron chi connectivity index (χ2n) is 30.1. The summed E-state index contributed by atoms with van der Waals surface area (Å²) in [7, 11) is -3.61. The SMILES string of the molecule is CCOC(=O)[C@H]1[C@@H]2Cc3cc(=O)n(Cc4ccc5c(c4)C(c4ccccc4C(F)(F)F)CC54COC4)cc3[C@@H]21.CCOC(=O)[C@H]1[C@@H]2Cc3cc(OCc4ccc5c(c4)C(c4ccccc4C(F)(F)F)CC54COC4)ncc3[C@@H]21.CS(=O)(=O)OCc1ccc2c(c1)C(c1ccccc1C(F)(F)F)CC21COC1. The molecule has 8 aromatic rings. The van der Waals surface area contributed by atoms with Crippen LogP contribution in [0.1, 0.15) is 168 Å². The molecule has 5 fully saturated rings. The van der Waals surface area contributed by atoms with Crippen molar-refractivity contribution in [3.8, 4) is 5.88 Å². The molecule has 10 aliphatic rings. The molecular weight excluding hydrogens is 1410 g/mol. The van der Waals surface area contributed by atoms with E-state index in [1.807, 2.05) is 67.8 Å². The van der Waals surface area contributed by atoms with Crippen molar-refractivity contribution < 1.29 is 90.1 Å². The molecule has 24 heteroatoms. The van der Waals surface area contributed by atoms with Gasteiger partial charge in [0, 0.05) is 70.4 Å². The first-order valence-electron chi connectivity index (χ1n) is 35.7. The quantitative estimate of drug-likeness (QED) is 0.0541. The topological polar surface area (TPSA) is 168 Å². The normalized spacial score (nSPS) is 24.2. The summed E-state index contributed by atoms with van der Waals surface area (Å²) < 4.78 is 186. The number of fused-ring (bicyclic) bond motifs is 12. The minimum atomic E-state index is -4.44. The van der Waals surface area contributed by atoms with Gasteiger partial charge in [0.1, 0.15) is 6.61 Å². The maximum absolute atomic E-state index is 14.0. The molecule has 0 amide bonds. The van der Waals surface area contributed by atoms with Crippen molar-refractivity contribution in [3.63, 3.8) is 0 Å². The van der Waals surface area contributed by atoms with Crippen LogP contribution >= 0.6 is 0 Å². The molecule has 7 aliphatic carbocycles. The molecule has 2 aromatic heterocycles. The fourth-order valence-corrected chi connectivity index (χ4v) is 19.0. The van der Waals surface area contributed by atoms with E-state index in [2.05, 4.69) is 4.98 Å². The molecule has 0 N–H and O–H groups in total. The van der Waals surface area contributed by atoms with Gasteiger partial charge >= 0.3 is 30.5 Å². The zero-order valence-electron chi connectivity index (χ0n) is 58.0. The molecule has 3 aliphatic heterocycles. The number of ether oxygens (including phenoxy) is 6. The number of nitrogens with zero attached hydrogens (tertiary/aromatic N) is 2. The van der Waals surface area contributed by atoms with Gasteiger partial charge < -0.3 is 33.0 Å². The monoisotopic (exact) mass is 1480 g/mol. The van der Waals surface area contributed by atoms with Gasteiger partial charge in [0.2, 0.25) is 5.88 Å². The van der Waals surface area contributed by atoms with E-state index in [9.17, 15) is 62.3 Å². The van der Waals surface area contributed by atoms with Crippen molar-refractivity contribution in [2.24, 2.45) is 23.7 Å². The van der Waals surface area contributed by atoms with Gasteiger partial charge in [-0.2, -0.15) is 47.9 Å². The molecule has 18 rings (SSSR count). The number of carbonyl (C=O) groups is 2. The summed E-state index contributed by atoms with van der Waals surface area (Å²) in [6.07, 6.45) is -5.45. The van der Waals surface area contributed by atoms with E-state index in [1.54, 1.807) is 60.0 Å². The Bertz CT molecular complexity index is 5000. The average molecular weight is 1480 g/mol. The van der Waals surface area contributed by atoms with Crippen LogP contribution in [0.2, 0.25) is 0 Å². The number of hydrogen-bond donors (Lipinski definition) is 0. The standard InChI is InChI=1S/2C31H28F3NO4.C20H19F3O4S/c1-2-38-29(36)28-21-10-18-11-26(35-13-23(18)27(21)28)39-14-17-7-8-24-20(9-17)22(12-30(24)15-37-16-30)19-5-3-4-6-25(19)31(32,33)34;1-2-39-29(37)28-21-10-18-11-26(36)35(14-23(18)27(21)28)13-17-7-8-24-20(9-17)22(12-30(24)15-38-16-30)19-5-3-4-6-25(19)31(32,33)34;1-28(24,25)27-10-13-6-7-17-15(8-13)16(9-19(17)11-26-12-19)14-4-2-3-5-18(14)20(21,22)23/h3-9,11,13,21-22,27-28H,2,10,12,14-16H2,1H3;3-9,11,14,21-22,27-28H,2,10,12-13,15-16H2,1H3;2-8,16H,9-12H2,1H3/t2*21-,22?,27-,28+;/m11./s1. The van der Waals surface area contributed by atoms with Crippen LogP contribution in [0.25, 0.3) is 0 Å². The Kier molecular flexibility index (Phi) is 18.0. The van der Waals surface area contributed by atoms with Crippen LogP contribution in [-0.2, 0) is 115 Å². The number of alkyl halides is 9. The Morgan fingerprint density at radius 1 is 0.509 bits per heavy atom. The molecule has 3 saturated heterocycles. The number of benzene rings is 6. The first-order valence-corrected chi connectivity index (χ1v) is 37.5. The van der Waals surface area contributed by atoms with Crippen molar-refractivity contribution in [1.82, 2.24) is 9.55 Å². The molecular formula is C82H75F9N2O12S. The smallest absolute Gasteiger partial charge is 0.416 e. The highest BCUT2D eigenvalue weighted by molar-refractivity contribution is 7.85. The van der Waals surface area contributed by atoms with E-state index in [0.29, 0.717) is 102 Å². The van der Waals surface area contributed by atoms with Crippen LogP contribution in [0.5, 0.6) is 5.88 Å². The molecule has 2 saturated carbocycles. The maximum Gasteiger partial charge on any atom is 0.416 e. The van der Waals surface area contributed by atoms with Crippen molar-refractivity contribution in [3.05, 3.63) is 268 Å². The zero-order chi connectivity index (χ0) is 74.2. The Balaban J connectivity index is 0.000000124. The van der Waals surface area contributed by atoms with Crippen molar-refractivity contribution >= 4 is 22.1 Å². The molecule has 0 radical (unpaired) electrons. The lowest BCUT2D eigenvalue weighted by Gasteiger charge is -2.39. The van der Waals surface area contributed by atoms with E-state index in [1.165, 1.54) is 30.3 Å². The third kappa shape index (κ3) is 12.9. The Morgan fingerprint density at radius 3 is 1.31 bits per heavy atom. The molecule has 9 atom stereocenters. The fraction of sp³-hybridized carbons (Fsp3) is 0.415. The van der Waals surface area contributed by atoms with Gasteiger partial charge in [-0.15, -0.1) is 0 Å². The number of halogens is 9. The van der Waals surface area contributed by atoms with E-state index in [4.69, 9.17) is 32.6 Å². The number of carbonyl (C=O) groups excluding carboxylic acids is 2. The largest absolute Gasteiger partial charge is 0.473 e. The van der Waals surface area contributed by atoms with Crippen LogP contribution in [0, 0.1) is 23.7 Å². The lowest BCUT2D eigenvalue weighted by molar-refractivity contribution is -0.146. The van der Waals surface area contributed by atoms with Gasteiger partial charge in [-0.05, 0) is 165 Å². The Morgan fingerprint density at radius 2 is 0.906 bits per heavy atom. The predicted molar refractivity (Wildman–Crippen MR) is 369 cm³/mol. The highest BCUT2D eigenvalue weighted by Gasteiger charge is 2.62. The number of esters is 2. The average Bonchev–Trinajstić information content (AvgIpc) is 1.55. The highest BCUT2D eigenvalue weighted by atomic mass is 32.2. The first-order chi connectivity index (χ1) is 50.6. The Labute approximate surface area is 605 Å². The molecule has 3 unspecified atom stereocenters. The molecule has 554 valence electrons. The molecule has 6 aromatic carbocycles. The van der Waals surface area contributed by atoms with Crippen LogP contribution < -0.4 is 10.3 Å². The van der Waals surface area contributed by atoms with Crippen molar-refractivity contribution in [2.45, 2.75) is 130 Å². The Hall–Kier alpha value is -8.68. The maximum atomic E-state index is 14.0. The third-order valence-corrected chi connectivity index (χ3v) is 24.2. The summed E-state index contributed by atoms with van der Waals surface area (Å²) in [5.74, 6) is -0.428. The summed E-state index contributed by atoms with van der Waals surface area (Å²) in [4.78, 5) is 41.9. The van der Waals surface area contributed by atoms with E-state index < -0.39 is 57.2 Å². The second kappa shape index (κ2) is 26.6. The van der Waals surface area contributed by atoms with Gasteiger partial charge in [0.15, 0.2) is 0 Å². The number of pyridine rings is 2. The van der Waals surface area contributed by atoms with Gasteiger partial charge in [-0.3, -0.25) is 18.6 Å². The number of hydrogen-bond acceptors (Lipinski definition) is 13.